The van der Waals surface area contributed by atoms with Crippen LogP contribution in [0.3, 0.4) is 0 Å². The van der Waals surface area contributed by atoms with Gasteiger partial charge in [0, 0.05) is 24.9 Å². The highest BCUT2D eigenvalue weighted by atomic mass is 16.4. The third kappa shape index (κ3) is 3.48. The number of carbonyl (C=O) groups is 2. The molecule has 0 aromatic rings. The van der Waals surface area contributed by atoms with E-state index in [0.29, 0.717) is 37.3 Å². The number of amides is 1. The van der Waals surface area contributed by atoms with E-state index in [9.17, 15) is 9.59 Å². The minimum Gasteiger partial charge on any atom is -0.481 e. The van der Waals surface area contributed by atoms with Gasteiger partial charge in [0.05, 0.1) is 0 Å². The second-order valence-electron chi connectivity index (χ2n) is 6.10. The fourth-order valence-electron chi connectivity index (χ4n) is 3.82. The molecule has 1 aliphatic heterocycles. The van der Waals surface area contributed by atoms with Crippen molar-refractivity contribution in [2.75, 3.05) is 0 Å². The Bertz CT molecular complexity index is 342. The average Bonchev–Trinajstić information content (AvgIpc) is 2.70. The Kier molecular flexibility index (Phi) is 4.83. The van der Waals surface area contributed by atoms with Gasteiger partial charge in [0.15, 0.2) is 0 Å². The maximum atomic E-state index is 12.3. The molecule has 0 aromatic heterocycles. The van der Waals surface area contributed by atoms with E-state index >= 15 is 0 Å². The van der Waals surface area contributed by atoms with Gasteiger partial charge in [-0.05, 0) is 44.9 Å². The zero-order chi connectivity index (χ0) is 13.8. The van der Waals surface area contributed by atoms with Gasteiger partial charge < -0.3 is 10.0 Å². The highest BCUT2D eigenvalue weighted by Crippen LogP contribution is 2.39. The van der Waals surface area contributed by atoms with E-state index in [1.54, 1.807) is 0 Å². The normalized spacial score (nSPS) is 30.2. The quantitative estimate of drug-likeness (QED) is 0.779. The Morgan fingerprint density at radius 1 is 1.16 bits per heavy atom. The zero-order valence-corrected chi connectivity index (χ0v) is 11.8. The summed E-state index contributed by atoms with van der Waals surface area (Å²) in [7, 11) is 0. The van der Waals surface area contributed by atoms with Crippen molar-refractivity contribution >= 4 is 11.9 Å². The predicted molar refractivity (Wildman–Crippen MR) is 72.8 cm³/mol. The van der Waals surface area contributed by atoms with Gasteiger partial charge >= 0.3 is 5.97 Å². The number of carboxylic acid groups (broad SMARTS) is 1. The van der Waals surface area contributed by atoms with Crippen molar-refractivity contribution < 1.29 is 14.7 Å². The zero-order valence-electron chi connectivity index (χ0n) is 11.8. The summed E-state index contributed by atoms with van der Waals surface area (Å²) >= 11 is 0. The maximum absolute atomic E-state index is 12.3. The molecule has 4 heteroatoms. The van der Waals surface area contributed by atoms with Gasteiger partial charge in [-0.2, -0.15) is 0 Å². The molecule has 19 heavy (non-hydrogen) atoms. The summed E-state index contributed by atoms with van der Waals surface area (Å²) < 4.78 is 0. The predicted octanol–water partition coefficient (Wildman–Crippen LogP) is 2.81. The van der Waals surface area contributed by atoms with Crippen LogP contribution in [0.5, 0.6) is 0 Å². The molecule has 4 nitrogen and oxygen atoms in total. The monoisotopic (exact) mass is 267 g/mol. The summed E-state index contributed by atoms with van der Waals surface area (Å²) in [4.78, 5) is 24.9. The maximum Gasteiger partial charge on any atom is 0.303 e. The fraction of sp³-hybridized carbons (Fsp3) is 0.867. The molecule has 3 unspecified atom stereocenters. The van der Waals surface area contributed by atoms with Crippen LogP contribution in [-0.2, 0) is 9.59 Å². The number of carboxylic acids is 1. The van der Waals surface area contributed by atoms with Crippen molar-refractivity contribution in [1.29, 1.82) is 0 Å². The van der Waals surface area contributed by atoms with Crippen LogP contribution < -0.4 is 0 Å². The number of aliphatic carboxylic acids is 1. The molecule has 1 amide bonds. The smallest absolute Gasteiger partial charge is 0.303 e. The summed E-state index contributed by atoms with van der Waals surface area (Å²) in [5.74, 6) is 0.188. The molecule has 1 aliphatic carbocycles. The molecule has 0 radical (unpaired) electrons. The number of fused-ring (bicyclic) bond motifs is 1. The van der Waals surface area contributed by atoms with Crippen LogP contribution in [0, 0.1) is 5.92 Å². The van der Waals surface area contributed by atoms with Crippen molar-refractivity contribution in [3.63, 3.8) is 0 Å². The van der Waals surface area contributed by atoms with Crippen molar-refractivity contribution in [1.82, 2.24) is 4.90 Å². The number of hydrogen-bond donors (Lipinski definition) is 1. The number of rotatable bonds is 5. The summed E-state index contributed by atoms with van der Waals surface area (Å²) in [6.45, 7) is 2.16. The third-order valence-electron chi connectivity index (χ3n) is 4.66. The average molecular weight is 267 g/mol. The molecule has 0 spiro atoms. The van der Waals surface area contributed by atoms with Gasteiger partial charge in [0.1, 0.15) is 0 Å². The molecule has 1 saturated carbocycles. The van der Waals surface area contributed by atoms with E-state index in [0.717, 1.165) is 12.8 Å². The van der Waals surface area contributed by atoms with E-state index in [2.05, 4.69) is 11.8 Å². The second-order valence-corrected chi connectivity index (χ2v) is 6.10. The van der Waals surface area contributed by atoms with Crippen molar-refractivity contribution in [3.05, 3.63) is 0 Å². The first-order valence-corrected chi connectivity index (χ1v) is 7.62. The SMILES string of the molecule is CC1CC2CCCCC2N1C(=O)CCCCC(=O)O. The highest BCUT2D eigenvalue weighted by molar-refractivity contribution is 5.77. The van der Waals surface area contributed by atoms with Crippen LogP contribution in [0.2, 0.25) is 0 Å². The molecule has 2 rings (SSSR count). The van der Waals surface area contributed by atoms with E-state index in [4.69, 9.17) is 5.11 Å². The first-order chi connectivity index (χ1) is 9.09. The van der Waals surface area contributed by atoms with Gasteiger partial charge in [-0.1, -0.05) is 12.8 Å². The minimum absolute atomic E-state index is 0.175. The molecule has 0 bridgehead atoms. The summed E-state index contributed by atoms with van der Waals surface area (Å²) in [6, 6.07) is 0.843. The third-order valence-corrected chi connectivity index (χ3v) is 4.66. The fourth-order valence-corrected chi connectivity index (χ4v) is 3.82. The molecule has 2 aliphatic rings. The van der Waals surface area contributed by atoms with Crippen molar-refractivity contribution in [2.24, 2.45) is 5.92 Å². The number of carbonyl (C=O) groups excluding carboxylic acids is 1. The van der Waals surface area contributed by atoms with Crippen molar-refractivity contribution in [2.45, 2.75) is 76.8 Å². The van der Waals surface area contributed by atoms with Crippen LogP contribution in [0.4, 0.5) is 0 Å². The van der Waals surface area contributed by atoms with Crippen molar-refractivity contribution in [3.8, 4) is 0 Å². The van der Waals surface area contributed by atoms with E-state index in [-0.39, 0.29) is 12.3 Å². The first kappa shape index (κ1) is 14.4. The second kappa shape index (κ2) is 6.40. The Morgan fingerprint density at radius 2 is 1.84 bits per heavy atom. The van der Waals surface area contributed by atoms with Crippen LogP contribution >= 0.6 is 0 Å². The molecule has 1 saturated heterocycles. The summed E-state index contributed by atoms with van der Waals surface area (Å²) in [5.41, 5.74) is 0. The first-order valence-electron chi connectivity index (χ1n) is 7.62. The van der Waals surface area contributed by atoms with Gasteiger partial charge in [-0.15, -0.1) is 0 Å². The minimum atomic E-state index is -0.769. The number of hydrogen-bond acceptors (Lipinski definition) is 2. The van der Waals surface area contributed by atoms with Crippen LogP contribution in [0.25, 0.3) is 0 Å². The number of likely N-dealkylation sites (tertiary alicyclic amines) is 1. The molecule has 3 atom stereocenters. The summed E-state index contributed by atoms with van der Waals surface area (Å²) in [5, 5.41) is 8.59. The van der Waals surface area contributed by atoms with E-state index < -0.39 is 5.97 Å². The molecule has 0 aromatic carbocycles. The lowest BCUT2D eigenvalue weighted by molar-refractivity contribution is -0.138. The molecule has 108 valence electrons. The highest BCUT2D eigenvalue weighted by Gasteiger charge is 2.41. The standard InChI is InChI=1S/C15H25NO3/c1-11-10-12-6-2-3-7-13(12)16(11)14(17)8-4-5-9-15(18)19/h11-13H,2-10H2,1H3,(H,18,19). The van der Waals surface area contributed by atoms with Gasteiger partial charge in [-0.25, -0.2) is 0 Å². The number of unbranched alkanes of at least 4 members (excludes halogenated alkanes) is 1. The molecular weight excluding hydrogens is 242 g/mol. The Morgan fingerprint density at radius 3 is 2.58 bits per heavy atom. The Labute approximate surface area is 115 Å². The van der Waals surface area contributed by atoms with Crippen LogP contribution in [-0.4, -0.2) is 34.0 Å². The molecule has 2 fully saturated rings. The van der Waals surface area contributed by atoms with Gasteiger partial charge in [-0.3, -0.25) is 9.59 Å². The topological polar surface area (TPSA) is 57.6 Å². The van der Waals surface area contributed by atoms with Crippen LogP contribution in [0.15, 0.2) is 0 Å². The molecule has 1 N–H and O–H groups in total. The lowest BCUT2D eigenvalue weighted by Crippen LogP contribution is -2.42. The lowest BCUT2D eigenvalue weighted by atomic mass is 9.85. The van der Waals surface area contributed by atoms with Gasteiger partial charge in [0.2, 0.25) is 5.91 Å². The molecule has 1 heterocycles. The van der Waals surface area contributed by atoms with E-state index in [1.165, 1.54) is 19.3 Å². The van der Waals surface area contributed by atoms with Crippen LogP contribution in [0.1, 0.15) is 64.7 Å². The Balaban J connectivity index is 1.82. The summed E-state index contributed by atoms with van der Waals surface area (Å²) in [6.07, 6.45) is 8.16. The lowest BCUT2D eigenvalue weighted by Gasteiger charge is -2.33. The Hall–Kier alpha value is -1.06. The largest absolute Gasteiger partial charge is 0.481 e. The van der Waals surface area contributed by atoms with E-state index in [1.807, 2.05) is 0 Å². The molecular formula is C15H25NO3. The number of nitrogens with zero attached hydrogens (tertiary/aromatic N) is 1. The van der Waals surface area contributed by atoms with Gasteiger partial charge in [0.25, 0.3) is 0 Å².